The van der Waals surface area contributed by atoms with Gasteiger partial charge in [0.2, 0.25) is 0 Å². The van der Waals surface area contributed by atoms with Crippen LogP contribution in [0.25, 0.3) is 22.3 Å². The van der Waals surface area contributed by atoms with Crippen molar-refractivity contribution in [3.63, 3.8) is 0 Å². The van der Waals surface area contributed by atoms with Crippen LogP contribution in [0.3, 0.4) is 0 Å². The molecule has 4 N–H and O–H groups in total. The van der Waals surface area contributed by atoms with Gasteiger partial charge in [0, 0.05) is 17.8 Å². The maximum atomic E-state index is 6.86. The van der Waals surface area contributed by atoms with E-state index in [2.05, 4.69) is 72.8 Å². The molecule has 0 amide bonds. The van der Waals surface area contributed by atoms with Crippen LogP contribution >= 0.6 is 0 Å². The maximum absolute atomic E-state index is 6.86. The van der Waals surface area contributed by atoms with Crippen LogP contribution in [-0.4, -0.2) is 11.2 Å². The van der Waals surface area contributed by atoms with Gasteiger partial charge in [-0.3, -0.25) is 0 Å². The lowest BCUT2D eigenvalue weighted by Gasteiger charge is -2.60. The summed E-state index contributed by atoms with van der Waals surface area (Å²) < 4.78 is 13.7. The van der Waals surface area contributed by atoms with Crippen molar-refractivity contribution in [3.05, 3.63) is 97.1 Å². The molecule has 4 fully saturated rings. The van der Waals surface area contributed by atoms with Gasteiger partial charge in [-0.05, 0) is 115 Å². The number of hydrogen-bond donors (Lipinski definition) is 2. The molecule has 0 spiro atoms. The Balaban J connectivity index is 1.09. The van der Waals surface area contributed by atoms with E-state index in [0.717, 1.165) is 66.1 Å². The standard InChI is InChI=1S/C34H34N2O2/c35-29-9-1-25(2-10-29)27-5-13-31(14-6-27)37-33-18-23-17-24(19-33)21-34(20-23,22-33)38-32-15-7-28(8-16-32)26-3-11-30(36)12-4-26/h1-16,23-24H,17-22,35-36H2. The number of rotatable bonds is 6. The molecule has 0 unspecified atom stereocenters. The van der Waals surface area contributed by atoms with Gasteiger partial charge in [-0.1, -0.05) is 48.5 Å². The Labute approximate surface area is 224 Å². The lowest BCUT2D eigenvalue weighted by molar-refractivity contribution is -0.177. The highest BCUT2D eigenvalue weighted by atomic mass is 16.5. The third kappa shape index (κ3) is 4.38. The average Bonchev–Trinajstić information content (AvgIpc) is 2.89. The SMILES string of the molecule is Nc1ccc(-c2ccc(OC34CC5CC(C3)CC(Oc3ccc(-c6ccc(N)cc6)cc3)(C5)C4)cc2)cc1. The number of nitrogen functional groups attached to an aromatic ring is 2. The topological polar surface area (TPSA) is 70.5 Å². The first kappa shape index (κ1) is 23.2. The first-order valence-electron chi connectivity index (χ1n) is 13.8. The Morgan fingerprint density at radius 3 is 1.13 bits per heavy atom. The Morgan fingerprint density at radius 2 is 0.789 bits per heavy atom. The molecule has 0 aliphatic heterocycles. The van der Waals surface area contributed by atoms with Gasteiger partial charge in [0.05, 0.1) is 0 Å². The highest BCUT2D eigenvalue weighted by molar-refractivity contribution is 5.67. The molecule has 4 aliphatic rings. The molecule has 4 heteroatoms. The summed E-state index contributed by atoms with van der Waals surface area (Å²) in [6.07, 6.45) is 6.78. The van der Waals surface area contributed by atoms with E-state index in [1.54, 1.807) is 0 Å². The van der Waals surface area contributed by atoms with E-state index in [-0.39, 0.29) is 11.2 Å². The Hall–Kier alpha value is -3.92. The molecular formula is C34H34N2O2. The van der Waals surface area contributed by atoms with Crippen molar-refractivity contribution < 1.29 is 9.47 Å². The van der Waals surface area contributed by atoms with Gasteiger partial charge in [-0.15, -0.1) is 0 Å². The van der Waals surface area contributed by atoms with Crippen LogP contribution < -0.4 is 20.9 Å². The maximum Gasteiger partial charge on any atom is 0.120 e. The molecule has 0 saturated heterocycles. The van der Waals surface area contributed by atoms with Crippen molar-refractivity contribution in [2.45, 2.75) is 49.7 Å². The van der Waals surface area contributed by atoms with E-state index >= 15 is 0 Å². The predicted molar refractivity (Wildman–Crippen MR) is 154 cm³/mol. The van der Waals surface area contributed by atoms with Gasteiger partial charge in [-0.2, -0.15) is 0 Å². The minimum Gasteiger partial charge on any atom is -0.487 e. The molecular weight excluding hydrogens is 468 g/mol. The second-order valence-electron chi connectivity index (χ2n) is 11.8. The summed E-state index contributed by atoms with van der Waals surface area (Å²) in [4.78, 5) is 0. The monoisotopic (exact) mass is 502 g/mol. The smallest absolute Gasteiger partial charge is 0.120 e. The van der Waals surface area contributed by atoms with Crippen LogP contribution in [0.1, 0.15) is 38.5 Å². The summed E-state index contributed by atoms with van der Waals surface area (Å²) in [5.41, 5.74) is 17.7. The molecule has 4 saturated carbocycles. The zero-order chi connectivity index (χ0) is 25.7. The molecule has 0 atom stereocenters. The van der Waals surface area contributed by atoms with Crippen LogP contribution in [-0.2, 0) is 0 Å². The first-order chi connectivity index (χ1) is 18.4. The summed E-state index contributed by atoms with van der Waals surface area (Å²) in [5.74, 6) is 3.24. The fraction of sp³-hybridized carbons (Fsp3) is 0.294. The second kappa shape index (κ2) is 8.83. The van der Waals surface area contributed by atoms with Gasteiger partial charge >= 0.3 is 0 Å². The summed E-state index contributed by atoms with van der Waals surface area (Å²) in [5, 5.41) is 0. The van der Waals surface area contributed by atoms with Crippen molar-refractivity contribution in [3.8, 4) is 33.8 Å². The Bertz CT molecular complexity index is 1300. The van der Waals surface area contributed by atoms with Crippen molar-refractivity contribution in [2.75, 3.05) is 11.5 Å². The van der Waals surface area contributed by atoms with Gasteiger partial charge < -0.3 is 20.9 Å². The number of hydrogen-bond acceptors (Lipinski definition) is 4. The van der Waals surface area contributed by atoms with Crippen LogP contribution in [0.2, 0.25) is 0 Å². The molecule has 4 nitrogen and oxygen atoms in total. The highest BCUT2D eigenvalue weighted by Crippen LogP contribution is 2.60. The fourth-order valence-electron chi connectivity index (χ4n) is 7.62. The van der Waals surface area contributed by atoms with E-state index < -0.39 is 0 Å². The lowest BCUT2D eigenvalue weighted by Crippen LogP contribution is -2.63. The fourth-order valence-corrected chi connectivity index (χ4v) is 7.62. The summed E-state index contributed by atoms with van der Waals surface area (Å²) in [6, 6.07) is 33.1. The number of nitrogens with two attached hydrogens (primary N) is 2. The highest BCUT2D eigenvalue weighted by Gasteiger charge is 2.60. The zero-order valence-electron chi connectivity index (χ0n) is 21.6. The minimum atomic E-state index is -0.142. The van der Waals surface area contributed by atoms with Crippen molar-refractivity contribution in [2.24, 2.45) is 11.8 Å². The molecule has 0 aromatic heterocycles. The Kier molecular flexibility index (Phi) is 5.40. The molecule has 0 radical (unpaired) electrons. The molecule has 4 bridgehead atoms. The van der Waals surface area contributed by atoms with Gasteiger partial charge in [0.25, 0.3) is 0 Å². The van der Waals surface area contributed by atoms with Crippen LogP contribution in [0.4, 0.5) is 11.4 Å². The normalized spacial score (nSPS) is 27.3. The molecule has 0 heterocycles. The summed E-state index contributed by atoms with van der Waals surface area (Å²) >= 11 is 0. The molecule has 192 valence electrons. The molecule has 38 heavy (non-hydrogen) atoms. The van der Waals surface area contributed by atoms with Crippen LogP contribution in [0.15, 0.2) is 97.1 Å². The lowest BCUT2D eigenvalue weighted by atomic mass is 9.52. The van der Waals surface area contributed by atoms with Crippen LogP contribution in [0, 0.1) is 11.8 Å². The average molecular weight is 503 g/mol. The first-order valence-corrected chi connectivity index (χ1v) is 13.8. The third-order valence-electron chi connectivity index (χ3n) is 8.82. The summed E-state index contributed by atoms with van der Waals surface area (Å²) in [7, 11) is 0. The van der Waals surface area contributed by atoms with E-state index in [0.29, 0.717) is 11.8 Å². The van der Waals surface area contributed by atoms with Crippen LogP contribution in [0.5, 0.6) is 11.5 Å². The van der Waals surface area contributed by atoms with Crippen molar-refractivity contribution in [1.82, 2.24) is 0 Å². The quantitative estimate of drug-likeness (QED) is 0.265. The Morgan fingerprint density at radius 1 is 0.474 bits per heavy atom. The second-order valence-corrected chi connectivity index (χ2v) is 11.8. The molecule has 4 aromatic carbocycles. The zero-order valence-corrected chi connectivity index (χ0v) is 21.6. The van der Waals surface area contributed by atoms with E-state index in [9.17, 15) is 0 Å². The van der Waals surface area contributed by atoms with Gasteiger partial charge in [0.15, 0.2) is 0 Å². The molecule has 8 rings (SSSR count). The number of benzene rings is 4. The van der Waals surface area contributed by atoms with Crippen molar-refractivity contribution in [1.29, 1.82) is 0 Å². The van der Waals surface area contributed by atoms with E-state index in [1.165, 1.54) is 17.5 Å². The summed E-state index contributed by atoms with van der Waals surface area (Å²) in [6.45, 7) is 0. The van der Waals surface area contributed by atoms with E-state index in [4.69, 9.17) is 20.9 Å². The van der Waals surface area contributed by atoms with Gasteiger partial charge in [-0.25, -0.2) is 0 Å². The third-order valence-corrected chi connectivity index (χ3v) is 8.82. The minimum absolute atomic E-state index is 0.142. The van der Waals surface area contributed by atoms with E-state index in [1.807, 2.05) is 24.3 Å². The predicted octanol–water partition coefficient (Wildman–Crippen LogP) is 7.73. The van der Waals surface area contributed by atoms with Gasteiger partial charge in [0.1, 0.15) is 22.7 Å². The number of anilines is 2. The number of ether oxygens (including phenoxy) is 2. The largest absolute Gasteiger partial charge is 0.487 e. The molecule has 4 aromatic rings. The van der Waals surface area contributed by atoms with Crippen molar-refractivity contribution >= 4 is 11.4 Å². The molecule has 4 aliphatic carbocycles.